The monoisotopic (exact) mass is 386 g/mol. The number of aryl methyl sites for hydroxylation is 1. The van der Waals surface area contributed by atoms with Crippen LogP contribution in [0.1, 0.15) is 26.4 Å². The molecule has 0 fully saturated rings. The number of nitrogens with zero attached hydrogens (tertiary/aromatic N) is 1. The first-order valence-corrected chi connectivity index (χ1v) is 8.95. The van der Waals surface area contributed by atoms with Crippen molar-refractivity contribution in [2.45, 2.75) is 6.92 Å². The molecule has 7 heteroatoms. The molecule has 0 saturated heterocycles. The minimum Gasteiger partial charge on any atom is -0.465 e. The van der Waals surface area contributed by atoms with Crippen LogP contribution in [0, 0.1) is 6.92 Å². The number of nitrogens with one attached hydrogen (secondary N) is 1. The Morgan fingerprint density at radius 2 is 1.88 bits per heavy atom. The number of hydrogen-bond donors (Lipinski definition) is 1. The summed E-state index contributed by atoms with van der Waals surface area (Å²) in [4.78, 5) is 28.5. The second-order valence-electron chi connectivity index (χ2n) is 5.51. The number of aromatic nitrogens is 1. The highest BCUT2D eigenvalue weighted by atomic mass is 35.5. The minimum absolute atomic E-state index is 0.196. The van der Waals surface area contributed by atoms with Crippen molar-refractivity contribution in [1.82, 2.24) is 4.98 Å². The van der Waals surface area contributed by atoms with Gasteiger partial charge < -0.3 is 10.1 Å². The van der Waals surface area contributed by atoms with E-state index in [4.69, 9.17) is 11.6 Å². The predicted octanol–water partition coefficient (Wildman–Crippen LogP) is 4.81. The van der Waals surface area contributed by atoms with Crippen molar-refractivity contribution in [2.24, 2.45) is 0 Å². The lowest BCUT2D eigenvalue weighted by atomic mass is 10.1. The molecule has 2 aromatic carbocycles. The summed E-state index contributed by atoms with van der Waals surface area (Å²) in [6, 6.07) is 11.8. The number of anilines is 1. The second-order valence-corrected chi connectivity index (χ2v) is 6.78. The Hall–Kier alpha value is -2.70. The summed E-state index contributed by atoms with van der Waals surface area (Å²) in [5.74, 6) is -0.848. The summed E-state index contributed by atoms with van der Waals surface area (Å²) < 4.78 is 4.68. The molecule has 1 N–H and O–H groups in total. The molecule has 1 aromatic heterocycles. The molecule has 1 amide bonds. The van der Waals surface area contributed by atoms with Crippen molar-refractivity contribution in [3.05, 3.63) is 69.7 Å². The molecule has 3 aromatic rings. The van der Waals surface area contributed by atoms with Gasteiger partial charge in [0.05, 0.1) is 17.7 Å². The maximum Gasteiger partial charge on any atom is 0.339 e. The van der Waals surface area contributed by atoms with Gasteiger partial charge in [0.2, 0.25) is 0 Å². The molecule has 0 unspecified atom stereocenters. The number of amides is 1. The molecule has 0 radical (unpaired) electrons. The van der Waals surface area contributed by atoms with Gasteiger partial charge in [-0.25, -0.2) is 9.78 Å². The highest BCUT2D eigenvalue weighted by molar-refractivity contribution is 7.13. The van der Waals surface area contributed by atoms with E-state index in [1.165, 1.54) is 19.2 Å². The van der Waals surface area contributed by atoms with Gasteiger partial charge in [-0.2, -0.15) is 0 Å². The highest BCUT2D eigenvalue weighted by Crippen LogP contribution is 2.25. The Labute approximate surface area is 159 Å². The van der Waals surface area contributed by atoms with E-state index < -0.39 is 5.97 Å². The fourth-order valence-electron chi connectivity index (χ4n) is 2.32. The number of benzene rings is 2. The topological polar surface area (TPSA) is 68.3 Å². The van der Waals surface area contributed by atoms with Crippen LogP contribution in [0.3, 0.4) is 0 Å². The van der Waals surface area contributed by atoms with Gasteiger partial charge in [0.25, 0.3) is 5.91 Å². The Morgan fingerprint density at radius 1 is 1.15 bits per heavy atom. The largest absolute Gasteiger partial charge is 0.465 e. The van der Waals surface area contributed by atoms with Crippen LogP contribution >= 0.6 is 22.9 Å². The maximum atomic E-state index is 12.4. The van der Waals surface area contributed by atoms with Gasteiger partial charge in [-0.1, -0.05) is 23.7 Å². The molecular weight excluding hydrogens is 372 g/mol. The minimum atomic E-state index is -0.561. The van der Waals surface area contributed by atoms with Crippen LogP contribution in [0.4, 0.5) is 5.69 Å². The van der Waals surface area contributed by atoms with Gasteiger partial charge in [-0.3, -0.25) is 4.79 Å². The van der Waals surface area contributed by atoms with Crippen molar-refractivity contribution in [1.29, 1.82) is 0 Å². The normalized spacial score (nSPS) is 10.4. The third-order valence-electron chi connectivity index (χ3n) is 3.64. The number of carbonyl (C=O) groups is 2. The number of methoxy groups -OCH3 is 1. The lowest BCUT2D eigenvalue weighted by molar-refractivity contribution is 0.0600. The van der Waals surface area contributed by atoms with Crippen molar-refractivity contribution < 1.29 is 14.3 Å². The molecule has 0 atom stereocenters. The third kappa shape index (κ3) is 3.92. The average Bonchev–Trinajstić information content (AvgIpc) is 3.09. The molecule has 26 heavy (non-hydrogen) atoms. The number of thiazole rings is 1. The standard InChI is InChI=1S/C19H15ClN2O3S/c1-11-10-26-18(21-11)13-5-3-12(4-6-13)17(23)22-14-7-8-16(20)15(9-14)19(24)25-2/h3-10H,1-2H3,(H,22,23). The summed E-state index contributed by atoms with van der Waals surface area (Å²) in [6.45, 7) is 1.94. The number of rotatable bonds is 4. The molecule has 1 heterocycles. The fraction of sp³-hybridized carbons (Fsp3) is 0.105. The van der Waals surface area contributed by atoms with Crippen molar-refractivity contribution >= 4 is 40.5 Å². The lowest BCUT2D eigenvalue weighted by Gasteiger charge is -2.08. The summed E-state index contributed by atoms with van der Waals surface area (Å²) in [5, 5.41) is 5.91. The first-order valence-electron chi connectivity index (χ1n) is 7.69. The molecule has 0 bridgehead atoms. The SMILES string of the molecule is COC(=O)c1cc(NC(=O)c2ccc(-c3nc(C)cs3)cc2)ccc1Cl. The third-order valence-corrected chi connectivity index (χ3v) is 4.98. The van der Waals surface area contributed by atoms with E-state index in [9.17, 15) is 9.59 Å². The Morgan fingerprint density at radius 3 is 2.50 bits per heavy atom. The zero-order valence-corrected chi connectivity index (χ0v) is 15.6. The molecule has 0 aliphatic rings. The van der Waals surface area contributed by atoms with Crippen molar-refractivity contribution in [3.63, 3.8) is 0 Å². The van der Waals surface area contributed by atoms with Crippen molar-refractivity contribution in [2.75, 3.05) is 12.4 Å². The highest BCUT2D eigenvalue weighted by Gasteiger charge is 2.13. The van der Waals surface area contributed by atoms with Crippen LogP contribution in [0.15, 0.2) is 47.8 Å². The van der Waals surface area contributed by atoms with Crippen LogP contribution in [0.25, 0.3) is 10.6 Å². The Balaban J connectivity index is 1.77. The predicted molar refractivity (Wildman–Crippen MR) is 103 cm³/mol. The van der Waals surface area contributed by atoms with Gasteiger partial charge in [0.15, 0.2) is 0 Å². The number of halogens is 1. The summed E-state index contributed by atoms with van der Waals surface area (Å²) in [6.07, 6.45) is 0. The molecule has 3 rings (SSSR count). The van der Waals surface area contributed by atoms with Gasteiger partial charge in [-0.05, 0) is 37.3 Å². The number of hydrogen-bond acceptors (Lipinski definition) is 5. The van der Waals surface area contributed by atoms with E-state index in [2.05, 4.69) is 15.0 Å². The summed E-state index contributed by atoms with van der Waals surface area (Å²) in [5.41, 5.74) is 3.08. The van der Waals surface area contributed by atoms with E-state index in [-0.39, 0.29) is 16.5 Å². The second kappa shape index (κ2) is 7.68. The first-order chi connectivity index (χ1) is 12.5. The molecule has 0 spiro atoms. The van der Waals surface area contributed by atoms with E-state index in [0.29, 0.717) is 11.3 Å². The molecule has 0 aliphatic carbocycles. The van der Waals surface area contributed by atoms with Crippen LogP contribution < -0.4 is 5.32 Å². The van der Waals surface area contributed by atoms with Gasteiger partial charge in [-0.15, -0.1) is 11.3 Å². The van der Waals surface area contributed by atoms with E-state index in [1.54, 1.807) is 29.5 Å². The molecular formula is C19H15ClN2O3S. The number of ether oxygens (including phenoxy) is 1. The average molecular weight is 387 g/mol. The molecule has 0 saturated carbocycles. The van der Waals surface area contributed by atoms with Crippen molar-refractivity contribution in [3.8, 4) is 10.6 Å². The van der Waals surface area contributed by atoms with E-state index >= 15 is 0 Å². The van der Waals surface area contributed by atoms with Crippen LogP contribution in [0.5, 0.6) is 0 Å². The molecule has 0 aliphatic heterocycles. The van der Waals surface area contributed by atoms with Gasteiger partial charge in [0, 0.05) is 27.9 Å². The quantitative estimate of drug-likeness (QED) is 0.653. The summed E-state index contributed by atoms with van der Waals surface area (Å²) >= 11 is 7.54. The summed E-state index contributed by atoms with van der Waals surface area (Å²) in [7, 11) is 1.27. The first kappa shape index (κ1) is 18.1. The number of esters is 1. The zero-order valence-electron chi connectivity index (χ0n) is 14.1. The van der Waals surface area contributed by atoms with Crippen LogP contribution in [0.2, 0.25) is 5.02 Å². The Bertz CT molecular complexity index is 967. The lowest BCUT2D eigenvalue weighted by Crippen LogP contribution is -2.12. The van der Waals surface area contributed by atoms with Gasteiger partial charge >= 0.3 is 5.97 Å². The molecule has 132 valence electrons. The zero-order chi connectivity index (χ0) is 18.7. The van der Waals surface area contributed by atoms with E-state index in [0.717, 1.165) is 16.3 Å². The fourth-order valence-corrected chi connectivity index (χ4v) is 3.32. The van der Waals surface area contributed by atoms with Gasteiger partial charge in [0.1, 0.15) is 5.01 Å². The van der Waals surface area contributed by atoms with Crippen LogP contribution in [-0.4, -0.2) is 24.0 Å². The molecule has 5 nitrogen and oxygen atoms in total. The van der Waals surface area contributed by atoms with E-state index in [1.807, 2.05) is 24.4 Å². The smallest absolute Gasteiger partial charge is 0.339 e. The Kier molecular flexibility index (Phi) is 5.35. The maximum absolute atomic E-state index is 12.4. The number of carbonyl (C=O) groups excluding carboxylic acids is 2. The van der Waals surface area contributed by atoms with Crippen LogP contribution in [-0.2, 0) is 4.74 Å².